The molecule has 26 heavy (non-hydrogen) atoms. The number of esters is 2. The van der Waals surface area contributed by atoms with Crippen LogP contribution < -0.4 is 0 Å². The molecular formula is C18H32O8. The molecule has 0 bridgehead atoms. The molecule has 0 aromatic carbocycles. The van der Waals surface area contributed by atoms with Gasteiger partial charge in [0.05, 0.1) is 11.8 Å². The molecule has 1 rings (SSSR count). The topological polar surface area (TPSA) is 123 Å². The Bertz CT molecular complexity index is 444. The SMILES string of the molecule is CCC(CC)C(=O)OCC1OC(OC(=O)C(CC)CC)C(O)C(O)C1O. The summed E-state index contributed by atoms with van der Waals surface area (Å²) >= 11 is 0. The minimum atomic E-state index is -1.59. The zero-order chi connectivity index (χ0) is 19.9. The van der Waals surface area contributed by atoms with Crippen molar-refractivity contribution in [2.45, 2.75) is 84.1 Å². The molecule has 0 spiro atoms. The Kier molecular flexibility index (Phi) is 9.49. The van der Waals surface area contributed by atoms with Gasteiger partial charge in [0.25, 0.3) is 0 Å². The van der Waals surface area contributed by atoms with Crippen molar-refractivity contribution in [1.29, 1.82) is 0 Å². The standard InChI is InChI=1S/C18H32O8/c1-5-10(6-2)16(22)24-9-12-13(19)14(20)15(21)18(25-12)26-17(23)11(7-3)8-4/h10-15,18-21H,5-9H2,1-4H3. The quantitative estimate of drug-likeness (QED) is 0.504. The Morgan fingerprint density at radius 3 is 1.85 bits per heavy atom. The first-order valence-corrected chi connectivity index (χ1v) is 9.37. The fraction of sp³-hybridized carbons (Fsp3) is 0.889. The fourth-order valence-electron chi connectivity index (χ4n) is 2.89. The Morgan fingerprint density at radius 1 is 0.846 bits per heavy atom. The third-order valence-electron chi connectivity index (χ3n) is 4.93. The molecule has 1 aliphatic rings. The van der Waals surface area contributed by atoms with Crippen LogP contribution in [0.3, 0.4) is 0 Å². The minimum absolute atomic E-state index is 0.255. The van der Waals surface area contributed by atoms with Crippen molar-refractivity contribution in [2.24, 2.45) is 11.8 Å². The first-order chi connectivity index (χ1) is 12.3. The Morgan fingerprint density at radius 2 is 1.35 bits per heavy atom. The summed E-state index contributed by atoms with van der Waals surface area (Å²) in [5, 5.41) is 30.1. The lowest BCUT2D eigenvalue weighted by molar-refractivity contribution is -0.294. The lowest BCUT2D eigenvalue weighted by Crippen LogP contribution is -2.60. The maximum absolute atomic E-state index is 12.1. The number of aliphatic hydroxyl groups is 3. The summed E-state index contributed by atoms with van der Waals surface area (Å²) in [6.07, 6.45) is -4.79. The van der Waals surface area contributed by atoms with E-state index in [2.05, 4.69) is 0 Å². The van der Waals surface area contributed by atoms with Crippen molar-refractivity contribution in [3.63, 3.8) is 0 Å². The van der Waals surface area contributed by atoms with Crippen LogP contribution in [0.2, 0.25) is 0 Å². The molecule has 1 saturated heterocycles. The van der Waals surface area contributed by atoms with Crippen LogP contribution in [0.4, 0.5) is 0 Å². The van der Waals surface area contributed by atoms with Crippen molar-refractivity contribution in [3.8, 4) is 0 Å². The van der Waals surface area contributed by atoms with Crippen LogP contribution in [0.25, 0.3) is 0 Å². The van der Waals surface area contributed by atoms with Crippen LogP contribution in [0.5, 0.6) is 0 Å². The molecule has 0 aliphatic carbocycles. The van der Waals surface area contributed by atoms with Gasteiger partial charge in [-0.05, 0) is 25.7 Å². The van der Waals surface area contributed by atoms with Gasteiger partial charge in [-0.25, -0.2) is 0 Å². The van der Waals surface area contributed by atoms with Gasteiger partial charge in [-0.2, -0.15) is 0 Å². The second-order valence-electron chi connectivity index (χ2n) is 6.61. The second-order valence-corrected chi connectivity index (χ2v) is 6.61. The molecular weight excluding hydrogens is 344 g/mol. The average Bonchev–Trinajstić information content (AvgIpc) is 2.63. The predicted molar refractivity (Wildman–Crippen MR) is 91.9 cm³/mol. The van der Waals surface area contributed by atoms with Crippen molar-refractivity contribution < 1.29 is 39.1 Å². The molecule has 0 aromatic heterocycles. The third kappa shape index (κ3) is 5.64. The number of ether oxygens (including phenoxy) is 3. The summed E-state index contributed by atoms with van der Waals surface area (Å²) in [7, 11) is 0. The highest BCUT2D eigenvalue weighted by Crippen LogP contribution is 2.24. The van der Waals surface area contributed by atoms with E-state index >= 15 is 0 Å². The maximum atomic E-state index is 12.1. The van der Waals surface area contributed by atoms with E-state index in [4.69, 9.17) is 14.2 Å². The van der Waals surface area contributed by atoms with Gasteiger partial charge in [-0.15, -0.1) is 0 Å². The molecule has 0 amide bonds. The van der Waals surface area contributed by atoms with Crippen LogP contribution in [0.15, 0.2) is 0 Å². The second kappa shape index (κ2) is 10.8. The zero-order valence-corrected chi connectivity index (χ0v) is 16.0. The third-order valence-corrected chi connectivity index (χ3v) is 4.93. The van der Waals surface area contributed by atoms with E-state index in [-0.39, 0.29) is 18.4 Å². The van der Waals surface area contributed by atoms with E-state index < -0.39 is 42.6 Å². The number of hydrogen-bond acceptors (Lipinski definition) is 8. The van der Waals surface area contributed by atoms with Gasteiger partial charge in [0.2, 0.25) is 6.29 Å². The van der Waals surface area contributed by atoms with E-state index in [1.807, 2.05) is 27.7 Å². The molecule has 1 aliphatic heterocycles. The molecule has 0 radical (unpaired) electrons. The van der Waals surface area contributed by atoms with E-state index in [9.17, 15) is 24.9 Å². The normalized spacial score (nSPS) is 29.0. The molecule has 5 atom stereocenters. The molecule has 0 saturated carbocycles. The molecule has 1 heterocycles. The number of carbonyl (C=O) groups excluding carboxylic acids is 2. The van der Waals surface area contributed by atoms with E-state index in [1.165, 1.54) is 0 Å². The highest BCUT2D eigenvalue weighted by Gasteiger charge is 2.46. The highest BCUT2D eigenvalue weighted by molar-refractivity contribution is 5.72. The van der Waals surface area contributed by atoms with Crippen molar-refractivity contribution in [1.82, 2.24) is 0 Å². The molecule has 1 fully saturated rings. The summed E-state index contributed by atoms with van der Waals surface area (Å²) in [4.78, 5) is 24.1. The number of hydrogen-bond donors (Lipinski definition) is 3. The summed E-state index contributed by atoms with van der Waals surface area (Å²) in [5.41, 5.74) is 0. The molecule has 8 heteroatoms. The predicted octanol–water partition coefficient (Wildman–Crippen LogP) is 0.753. The summed E-state index contributed by atoms with van der Waals surface area (Å²) in [5.74, 6) is -1.57. The minimum Gasteiger partial charge on any atom is -0.463 e. The first-order valence-electron chi connectivity index (χ1n) is 9.37. The maximum Gasteiger partial charge on any atom is 0.311 e. The largest absolute Gasteiger partial charge is 0.463 e. The van der Waals surface area contributed by atoms with Crippen LogP contribution in [-0.4, -0.2) is 64.6 Å². The highest BCUT2D eigenvalue weighted by atomic mass is 16.7. The van der Waals surface area contributed by atoms with Crippen LogP contribution in [-0.2, 0) is 23.8 Å². The Hall–Kier alpha value is -1.22. The molecule has 152 valence electrons. The summed E-state index contributed by atoms with van der Waals surface area (Å²) in [6.45, 7) is 7.11. The van der Waals surface area contributed by atoms with E-state index in [1.54, 1.807) is 0 Å². The monoisotopic (exact) mass is 376 g/mol. The molecule has 0 aromatic rings. The smallest absolute Gasteiger partial charge is 0.311 e. The fourth-order valence-corrected chi connectivity index (χ4v) is 2.89. The van der Waals surface area contributed by atoms with E-state index in [0.29, 0.717) is 25.7 Å². The molecule has 8 nitrogen and oxygen atoms in total. The number of aliphatic hydroxyl groups excluding tert-OH is 3. The average molecular weight is 376 g/mol. The van der Waals surface area contributed by atoms with Gasteiger partial charge >= 0.3 is 11.9 Å². The van der Waals surface area contributed by atoms with Gasteiger partial charge in [-0.3, -0.25) is 9.59 Å². The van der Waals surface area contributed by atoms with Crippen LogP contribution in [0, 0.1) is 11.8 Å². The lowest BCUT2D eigenvalue weighted by atomic mass is 9.99. The van der Waals surface area contributed by atoms with Gasteiger partial charge in [0.15, 0.2) is 0 Å². The summed E-state index contributed by atoms with van der Waals surface area (Å²) < 4.78 is 15.7. The Labute approximate surface area is 154 Å². The molecule has 3 N–H and O–H groups in total. The van der Waals surface area contributed by atoms with Crippen LogP contribution >= 0.6 is 0 Å². The van der Waals surface area contributed by atoms with Gasteiger partial charge < -0.3 is 29.5 Å². The zero-order valence-electron chi connectivity index (χ0n) is 16.0. The van der Waals surface area contributed by atoms with Gasteiger partial charge in [0.1, 0.15) is 31.0 Å². The first kappa shape index (κ1) is 22.8. The molecule has 5 unspecified atom stereocenters. The van der Waals surface area contributed by atoms with Crippen molar-refractivity contribution >= 4 is 11.9 Å². The van der Waals surface area contributed by atoms with E-state index in [0.717, 1.165) is 0 Å². The van der Waals surface area contributed by atoms with Crippen molar-refractivity contribution in [2.75, 3.05) is 6.61 Å². The van der Waals surface area contributed by atoms with Gasteiger partial charge in [0, 0.05) is 0 Å². The number of carbonyl (C=O) groups is 2. The number of rotatable bonds is 9. The van der Waals surface area contributed by atoms with Crippen molar-refractivity contribution in [3.05, 3.63) is 0 Å². The lowest BCUT2D eigenvalue weighted by Gasteiger charge is -2.39. The Balaban J connectivity index is 2.72. The van der Waals surface area contributed by atoms with Crippen LogP contribution in [0.1, 0.15) is 53.4 Å². The van der Waals surface area contributed by atoms with Gasteiger partial charge in [-0.1, -0.05) is 27.7 Å². The summed E-state index contributed by atoms with van der Waals surface area (Å²) in [6, 6.07) is 0.